The summed E-state index contributed by atoms with van der Waals surface area (Å²) in [6.07, 6.45) is 3.47. The van der Waals surface area contributed by atoms with Crippen LogP contribution >= 0.6 is 0 Å². The second-order valence-corrected chi connectivity index (χ2v) is 4.35. The highest BCUT2D eigenvalue weighted by atomic mass is 16.5. The standard InChI is InChI=1S/C12H20N2O2/c1-6-7-11-13-8-10(9(2)15)14(11)12(3,4)16-5/h8H,6-7H2,1-5H3. The third kappa shape index (κ3) is 2.32. The number of methoxy groups -OCH3 is 1. The summed E-state index contributed by atoms with van der Waals surface area (Å²) in [4.78, 5) is 15.8. The Morgan fingerprint density at radius 1 is 1.56 bits per heavy atom. The van der Waals surface area contributed by atoms with E-state index >= 15 is 0 Å². The van der Waals surface area contributed by atoms with Crippen LogP contribution in [0.25, 0.3) is 0 Å². The van der Waals surface area contributed by atoms with Crippen LogP contribution in [0.1, 0.15) is 50.4 Å². The minimum atomic E-state index is -0.540. The second kappa shape index (κ2) is 4.78. The third-order valence-corrected chi connectivity index (χ3v) is 2.71. The van der Waals surface area contributed by atoms with Gasteiger partial charge in [0.15, 0.2) is 5.78 Å². The number of aryl methyl sites for hydroxylation is 1. The van der Waals surface area contributed by atoms with Crippen molar-refractivity contribution in [1.82, 2.24) is 9.55 Å². The number of carbonyl (C=O) groups is 1. The molecule has 0 saturated heterocycles. The van der Waals surface area contributed by atoms with Crippen molar-refractivity contribution in [2.45, 2.75) is 46.3 Å². The van der Waals surface area contributed by atoms with E-state index < -0.39 is 5.72 Å². The number of ketones is 1. The summed E-state index contributed by atoms with van der Waals surface area (Å²) in [7, 11) is 1.64. The number of aromatic nitrogens is 2. The number of carbonyl (C=O) groups excluding carboxylic acids is 1. The average molecular weight is 224 g/mol. The summed E-state index contributed by atoms with van der Waals surface area (Å²) in [6.45, 7) is 7.50. The Labute approximate surface area is 96.6 Å². The molecule has 0 saturated carbocycles. The highest BCUT2D eigenvalue weighted by molar-refractivity contribution is 5.92. The van der Waals surface area contributed by atoms with E-state index in [4.69, 9.17) is 4.74 Å². The molecule has 1 aromatic rings. The van der Waals surface area contributed by atoms with Gasteiger partial charge in [0.25, 0.3) is 0 Å². The molecule has 0 spiro atoms. The second-order valence-electron chi connectivity index (χ2n) is 4.35. The van der Waals surface area contributed by atoms with Crippen molar-refractivity contribution < 1.29 is 9.53 Å². The molecule has 1 heterocycles. The molecule has 0 bridgehead atoms. The van der Waals surface area contributed by atoms with E-state index in [1.165, 1.54) is 0 Å². The minimum absolute atomic E-state index is 0.0139. The molecular weight excluding hydrogens is 204 g/mol. The van der Waals surface area contributed by atoms with Crippen molar-refractivity contribution in [2.24, 2.45) is 0 Å². The summed E-state index contributed by atoms with van der Waals surface area (Å²) in [6, 6.07) is 0. The van der Waals surface area contributed by atoms with E-state index in [0.29, 0.717) is 5.69 Å². The van der Waals surface area contributed by atoms with Gasteiger partial charge in [0.05, 0.1) is 6.20 Å². The Balaban J connectivity index is 3.29. The Hall–Kier alpha value is -1.16. The molecule has 4 heteroatoms. The predicted octanol–water partition coefficient (Wildman–Crippen LogP) is 2.38. The van der Waals surface area contributed by atoms with Gasteiger partial charge in [0.1, 0.15) is 17.2 Å². The summed E-state index contributed by atoms with van der Waals surface area (Å²) in [5.74, 6) is 0.916. The van der Waals surface area contributed by atoms with Crippen LogP contribution < -0.4 is 0 Å². The number of Topliss-reactive ketones (excluding diaryl/α,β-unsaturated/α-hetero) is 1. The fourth-order valence-electron chi connectivity index (χ4n) is 1.73. The highest BCUT2D eigenvalue weighted by Crippen LogP contribution is 2.22. The molecule has 0 fully saturated rings. The largest absolute Gasteiger partial charge is 0.359 e. The molecule has 0 N–H and O–H groups in total. The molecule has 1 rings (SSSR count). The molecule has 0 radical (unpaired) electrons. The lowest BCUT2D eigenvalue weighted by molar-refractivity contribution is -0.0483. The van der Waals surface area contributed by atoms with Gasteiger partial charge in [-0.1, -0.05) is 6.92 Å². The van der Waals surface area contributed by atoms with Crippen LogP contribution in [0.3, 0.4) is 0 Å². The van der Waals surface area contributed by atoms with E-state index in [0.717, 1.165) is 18.7 Å². The lowest BCUT2D eigenvalue weighted by Crippen LogP contribution is -2.32. The Morgan fingerprint density at radius 2 is 2.19 bits per heavy atom. The molecule has 90 valence electrons. The normalized spacial score (nSPS) is 11.8. The van der Waals surface area contributed by atoms with Crippen LogP contribution in [0, 0.1) is 0 Å². The highest BCUT2D eigenvalue weighted by Gasteiger charge is 2.26. The first kappa shape index (κ1) is 12.9. The molecule has 0 aliphatic heterocycles. The summed E-state index contributed by atoms with van der Waals surface area (Å²) in [5.41, 5.74) is 0.0671. The minimum Gasteiger partial charge on any atom is -0.359 e. The van der Waals surface area contributed by atoms with Gasteiger partial charge >= 0.3 is 0 Å². The fourth-order valence-corrected chi connectivity index (χ4v) is 1.73. The van der Waals surface area contributed by atoms with Gasteiger partial charge in [0, 0.05) is 20.5 Å². The molecule has 16 heavy (non-hydrogen) atoms. The molecule has 0 aliphatic rings. The van der Waals surface area contributed by atoms with E-state index in [-0.39, 0.29) is 5.78 Å². The zero-order valence-corrected chi connectivity index (χ0v) is 10.7. The lowest BCUT2D eigenvalue weighted by atomic mass is 10.2. The number of nitrogens with zero attached hydrogens (tertiary/aromatic N) is 2. The van der Waals surface area contributed by atoms with E-state index in [9.17, 15) is 4.79 Å². The molecule has 0 unspecified atom stereocenters. The molecule has 0 aliphatic carbocycles. The number of hydrogen-bond donors (Lipinski definition) is 0. The molecule has 4 nitrogen and oxygen atoms in total. The van der Waals surface area contributed by atoms with Crippen molar-refractivity contribution in [3.63, 3.8) is 0 Å². The maximum absolute atomic E-state index is 11.5. The third-order valence-electron chi connectivity index (χ3n) is 2.71. The van der Waals surface area contributed by atoms with E-state index in [1.807, 2.05) is 18.4 Å². The quantitative estimate of drug-likeness (QED) is 0.721. The molecule has 1 aromatic heterocycles. The molecular formula is C12H20N2O2. The van der Waals surface area contributed by atoms with Crippen LogP contribution in [0.4, 0.5) is 0 Å². The number of ether oxygens (including phenoxy) is 1. The zero-order chi connectivity index (χ0) is 12.3. The van der Waals surface area contributed by atoms with Crippen molar-refractivity contribution in [3.8, 4) is 0 Å². The number of rotatable bonds is 5. The van der Waals surface area contributed by atoms with Gasteiger partial charge in [-0.2, -0.15) is 0 Å². The van der Waals surface area contributed by atoms with Gasteiger partial charge < -0.3 is 4.74 Å². The van der Waals surface area contributed by atoms with Gasteiger partial charge in [-0.25, -0.2) is 4.98 Å². The molecule has 0 atom stereocenters. The van der Waals surface area contributed by atoms with Gasteiger partial charge in [-0.05, 0) is 20.3 Å². The first-order valence-electron chi connectivity index (χ1n) is 5.57. The smallest absolute Gasteiger partial charge is 0.177 e. The Bertz CT molecular complexity index is 380. The molecule has 0 amide bonds. The van der Waals surface area contributed by atoms with Gasteiger partial charge in [0.2, 0.25) is 0 Å². The fraction of sp³-hybridized carbons (Fsp3) is 0.667. The van der Waals surface area contributed by atoms with Crippen molar-refractivity contribution in [3.05, 3.63) is 17.7 Å². The van der Waals surface area contributed by atoms with Crippen LogP contribution in [-0.2, 0) is 16.9 Å². The Morgan fingerprint density at radius 3 is 2.62 bits per heavy atom. The van der Waals surface area contributed by atoms with Gasteiger partial charge in [-0.15, -0.1) is 0 Å². The van der Waals surface area contributed by atoms with E-state index in [2.05, 4.69) is 11.9 Å². The Kier molecular flexibility index (Phi) is 3.86. The van der Waals surface area contributed by atoms with Crippen LogP contribution in [0.15, 0.2) is 6.20 Å². The SMILES string of the molecule is CCCc1ncc(C(C)=O)n1C(C)(C)OC. The summed E-state index contributed by atoms with van der Waals surface area (Å²) in [5, 5.41) is 0. The van der Waals surface area contributed by atoms with Crippen molar-refractivity contribution in [2.75, 3.05) is 7.11 Å². The maximum atomic E-state index is 11.5. The average Bonchev–Trinajstić information content (AvgIpc) is 2.63. The van der Waals surface area contributed by atoms with Crippen molar-refractivity contribution in [1.29, 1.82) is 0 Å². The van der Waals surface area contributed by atoms with Crippen LogP contribution in [-0.4, -0.2) is 22.4 Å². The van der Waals surface area contributed by atoms with Crippen LogP contribution in [0.5, 0.6) is 0 Å². The number of imidazole rings is 1. The van der Waals surface area contributed by atoms with E-state index in [1.54, 1.807) is 20.2 Å². The van der Waals surface area contributed by atoms with Gasteiger partial charge in [-0.3, -0.25) is 9.36 Å². The first-order chi connectivity index (χ1) is 7.44. The van der Waals surface area contributed by atoms with Crippen molar-refractivity contribution >= 4 is 5.78 Å². The number of hydrogen-bond acceptors (Lipinski definition) is 3. The predicted molar refractivity (Wildman–Crippen MR) is 62.6 cm³/mol. The summed E-state index contributed by atoms with van der Waals surface area (Å²) >= 11 is 0. The lowest BCUT2D eigenvalue weighted by Gasteiger charge is -2.28. The first-order valence-corrected chi connectivity index (χ1v) is 5.57. The maximum Gasteiger partial charge on any atom is 0.177 e. The van der Waals surface area contributed by atoms with Crippen LogP contribution in [0.2, 0.25) is 0 Å². The summed E-state index contributed by atoms with van der Waals surface area (Å²) < 4.78 is 7.32. The molecule has 0 aromatic carbocycles. The monoisotopic (exact) mass is 224 g/mol. The zero-order valence-electron chi connectivity index (χ0n) is 10.7. The topological polar surface area (TPSA) is 44.1 Å².